The Labute approximate surface area is 111 Å². The van der Waals surface area contributed by atoms with Crippen LogP contribution >= 0.6 is 11.3 Å². The SMILES string of the molecule is CCOC(=O)c1csc2ncn(CC(N)=O)c(=O)c12. The monoisotopic (exact) mass is 281 g/mol. The van der Waals surface area contributed by atoms with E-state index in [0.29, 0.717) is 4.83 Å². The zero-order chi connectivity index (χ0) is 14.0. The minimum absolute atomic E-state index is 0.159. The Morgan fingerprint density at radius 1 is 1.53 bits per heavy atom. The predicted octanol–water partition coefficient (Wildman–Crippen LogP) is 0.120. The second-order valence-corrected chi connectivity index (χ2v) is 4.55. The molecule has 0 aliphatic carbocycles. The zero-order valence-corrected chi connectivity index (χ0v) is 10.9. The first-order valence-corrected chi connectivity index (χ1v) is 6.34. The third-order valence-corrected chi connectivity index (χ3v) is 3.27. The van der Waals surface area contributed by atoms with E-state index in [2.05, 4.69) is 4.98 Å². The van der Waals surface area contributed by atoms with E-state index in [0.717, 1.165) is 4.57 Å². The van der Waals surface area contributed by atoms with Gasteiger partial charge in [0, 0.05) is 5.38 Å². The summed E-state index contributed by atoms with van der Waals surface area (Å²) in [4.78, 5) is 39.2. The maximum Gasteiger partial charge on any atom is 0.339 e. The van der Waals surface area contributed by atoms with E-state index in [-0.39, 0.29) is 24.1 Å². The van der Waals surface area contributed by atoms with Gasteiger partial charge in [-0.05, 0) is 6.92 Å². The number of thiophene rings is 1. The molecule has 2 rings (SSSR count). The first kappa shape index (κ1) is 13.2. The molecule has 0 bridgehead atoms. The highest BCUT2D eigenvalue weighted by Gasteiger charge is 2.18. The van der Waals surface area contributed by atoms with Gasteiger partial charge in [0.05, 0.1) is 23.9 Å². The van der Waals surface area contributed by atoms with Crippen LogP contribution in [0.15, 0.2) is 16.5 Å². The van der Waals surface area contributed by atoms with Crippen LogP contribution in [-0.2, 0) is 16.1 Å². The molecule has 19 heavy (non-hydrogen) atoms. The Balaban J connectivity index is 2.59. The van der Waals surface area contributed by atoms with Crippen LogP contribution in [0.4, 0.5) is 0 Å². The van der Waals surface area contributed by atoms with Crippen molar-refractivity contribution >= 4 is 33.4 Å². The van der Waals surface area contributed by atoms with E-state index in [1.807, 2.05) is 0 Å². The van der Waals surface area contributed by atoms with Crippen LogP contribution in [0.5, 0.6) is 0 Å². The number of rotatable bonds is 4. The first-order valence-electron chi connectivity index (χ1n) is 5.46. The van der Waals surface area contributed by atoms with Gasteiger partial charge in [-0.1, -0.05) is 0 Å². The lowest BCUT2D eigenvalue weighted by atomic mass is 10.2. The zero-order valence-electron chi connectivity index (χ0n) is 10.1. The molecule has 2 aromatic heterocycles. The molecule has 0 aromatic carbocycles. The van der Waals surface area contributed by atoms with E-state index in [1.54, 1.807) is 6.92 Å². The molecule has 2 aromatic rings. The molecule has 7 nitrogen and oxygen atoms in total. The lowest BCUT2D eigenvalue weighted by molar-refractivity contribution is -0.118. The van der Waals surface area contributed by atoms with E-state index < -0.39 is 17.4 Å². The molecule has 0 saturated carbocycles. The van der Waals surface area contributed by atoms with Gasteiger partial charge in [-0.2, -0.15) is 0 Å². The molecule has 1 amide bonds. The number of carbonyl (C=O) groups excluding carboxylic acids is 2. The smallest absolute Gasteiger partial charge is 0.339 e. The Hall–Kier alpha value is -2.22. The summed E-state index contributed by atoms with van der Waals surface area (Å²) < 4.78 is 5.94. The van der Waals surface area contributed by atoms with Gasteiger partial charge < -0.3 is 10.5 Å². The van der Waals surface area contributed by atoms with Crippen molar-refractivity contribution in [2.45, 2.75) is 13.5 Å². The standard InChI is InChI=1S/C11H11N3O4S/c1-2-18-11(17)6-4-19-9-8(6)10(16)14(5-13-9)3-7(12)15/h4-5H,2-3H2,1H3,(H2,12,15). The van der Waals surface area contributed by atoms with Gasteiger partial charge in [-0.25, -0.2) is 9.78 Å². The van der Waals surface area contributed by atoms with Crippen molar-refractivity contribution < 1.29 is 14.3 Å². The summed E-state index contributed by atoms with van der Waals surface area (Å²) >= 11 is 1.17. The molecular weight excluding hydrogens is 270 g/mol. The number of aromatic nitrogens is 2. The predicted molar refractivity (Wildman–Crippen MR) is 69.0 cm³/mol. The van der Waals surface area contributed by atoms with Crippen LogP contribution in [0, 0.1) is 0 Å². The van der Waals surface area contributed by atoms with Crippen LogP contribution < -0.4 is 11.3 Å². The van der Waals surface area contributed by atoms with Crippen molar-refractivity contribution in [3.05, 3.63) is 27.6 Å². The lowest BCUT2D eigenvalue weighted by Gasteiger charge is -2.03. The number of carbonyl (C=O) groups is 2. The molecule has 0 unspecified atom stereocenters. The Morgan fingerprint density at radius 3 is 2.89 bits per heavy atom. The van der Waals surface area contributed by atoms with Gasteiger partial charge >= 0.3 is 5.97 Å². The fourth-order valence-corrected chi connectivity index (χ4v) is 2.47. The Kier molecular flexibility index (Phi) is 3.61. The highest BCUT2D eigenvalue weighted by Crippen LogP contribution is 2.21. The highest BCUT2D eigenvalue weighted by atomic mass is 32.1. The number of amides is 1. The van der Waals surface area contributed by atoms with Crippen molar-refractivity contribution in [1.82, 2.24) is 9.55 Å². The number of nitrogens with zero attached hydrogens (tertiary/aromatic N) is 2. The number of ether oxygens (including phenoxy) is 1. The topological polar surface area (TPSA) is 104 Å². The molecule has 0 radical (unpaired) electrons. The molecule has 0 fully saturated rings. The van der Waals surface area contributed by atoms with Crippen LogP contribution in [0.25, 0.3) is 10.2 Å². The molecule has 8 heteroatoms. The summed E-state index contributed by atoms with van der Waals surface area (Å²) in [6.07, 6.45) is 1.24. The second kappa shape index (κ2) is 5.19. The van der Waals surface area contributed by atoms with Crippen LogP contribution in [0.3, 0.4) is 0 Å². The largest absolute Gasteiger partial charge is 0.462 e. The molecule has 0 saturated heterocycles. The van der Waals surface area contributed by atoms with Crippen molar-refractivity contribution in [3.63, 3.8) is 0 Å². The number of hydrogen-bond donors (Lipinski definition) is 1. The van der Waals surface area contributed by atoms with E-state index in [9.17, 15) is 14.4 Å². The maximum absolute atomic E-state index is 12.2. The Morgan fingerprint density at radius 2 is 2.26 bits per heavy atom. The van der Waals surface area contributed by atoms with Crippen molar-refractivity contribution in [2.75, 3.05) is 6.61 Å². The van der Waals surface area contributed by atoms with Gasteiger partial charge in [-0.3, -0.25) is 14.2 Å². The van der Waals surface area contributed by atoms with Crippen LogP contribution in [0.2, 0.25) is 0 Å². The molecule has 0 aliphatic heterocycles. The number of primary amides is 1. The molecule has 0 atom stereocenters. The van der Waals surface area contributed by atoms with Gasteiger partial charge in [0.1, 0.15) is 11.4 Å². The van der Waals surface area contributed by atoms with Crippen molar-refractivity contribution in [1.29, 1.82) is 0 Å². The van der Waals surface area contributed by atoms with Crippen LogP contribution in [-0.4, -0.2) is 28.0 Å². The highest BCUT2D eigenvalue weighted by molar-refractivity contribution is 7.17. The lowest BCUT2D eigenvalue weighted by Crippen LogP contribution is -2.28. The summed E-state index contributed by atoms with van der Waals surface area (Å²) in [6, 6.07) is 0. The third-order valence-electron chi connectivity index (χ3n) is 2.38. The van der Waals surface area contributed by atoms with E-state index in [1.165, 1.54) is 23.0 Å². The molecular formula is C11H11N3O4S. The summed E-state index contributed by atoms with van der Waals surface area (Å²) in [6.45, 7) is 1.61. The molecule has 100 valence electrons. The average Bonchev–Trinajstić information content (AvgIpc) is 2.77. The molecule has 2 heterocycles. The fraction of sp³-hybridized carbons (Fsp3) is 0.273. The van der Waals surface area contributed by atoms with Crippen molar-refractivity contribution in [3.8, 4) is 0 Å². The Bertz CT molecular complexity index is 704. The number of hydrogen-bond acceptors (Lipinski definition) is 6. The van der Waals surface area contributed by atoms with Gasteiger partial charge in [0.2, 0.25) is 5.91 Å². The second-order valence-electron chi connectivity index (χ2n) is 3.69. The maximum atomic E-state index is 12.2. The molecule has 2 N–H and O–H groups in total. The minimum atomic E-state index is -0.656. The number of nitrogens with two attached hydrogens (primary N) is 1. The summed E-state index contributed by atoms with van der Waals surface area (Å²) in [5.41, 5.74) is 4.73. The first-order chi connectivity index (χ1) is 9.04. The van der Waals surface area contributed by atoms with Crippen molar-refractivity contribution in [2.24, 2.45) is 5.73 Å². The third kappa shape index (κ3) is 2.48. The average molecular weight is 281 g/mol. The minimum Gasteiger partial charge on any atom is -0.462 e. The van der Waals surface area contributed by atoms with Gasteiger partial charge in [0.15, 0.2) is 0 Å². The van der Waals surface area contributed by atoms with E-state index >= 15 is 0 Å². The van der Waals surface area contributed by atoms with Gasteiger partial charge in [0.25, 0.3) is 5.56 Å². The molecule has 0 spiro atoms. The quantitative estimate of drug-likeness (QED) is 0.801. The number of esters is 1. The van der Waals surface area contributed by atoms with Gasteiger partial charge in [-0.15, -0.1) is 11.3 Å². The molecule has 0 aliphatic rings. The van der Waals surface area contributed by atoms with Crippen LogP contribution in [0.1, 0.15) is 17.3 Å². The number of fused-ring (bicyclic) bond motifs is 1. The summed E-state index contributed by atoms with van der Waals surface area (Å²) in [5.74, 6) is -1.24. The summed E-state index contributed by atoms with van der Waals surface area (Å²) in [5, 5.41) is 1.68. The summed E-state index contributed by atoms with van der Waals surface area (Å²) in [7, 11) is 0. The fourth-order valence-electron chi connectivity index (χ4n) is 1.61. The van der Waals surface area contributed by atoms with E-state index in [4.69, 9.17) is 10.5 Å². The normalized spacial score (nSPS) is 10.6.